The Balaban J connectivity index is 0.00000480. The van der Waals surface area contributed by atoms with Crippen LogP contribution >= 0.6 is 24.0 Å². The van der Waals surface area contributed by atoms with Gasteiger partial charge in [-0.05, 0) is 44.0 Å². The van der Waals surface area contributed by atoms with Crippen LogP contribution in [-0.4, -0.2) is 38.4 Å². The molecule has 0 saturated heterocycles. The SMILES string of the molecule is CN=C(NCc1ccc(OC)cc1)NCC(NC(=O)OC(C)(C)C)c1ccccc1.I. The highest BCUT2D eigenvalue weighted by atomic mass is 127. The Morgan fingerprint density at radius 1 is 1.03 bits per heavy atom. The summed E-state index contributed by atoms with van der Waals surface area (Å²) in [7, 11) is 3.36. The molecule has 0 bridgehead atoms. The van der Waals surface area contributed by atoms with Crippen molar-refractivity contribution in [3.05, 3.63) is 65.7 Å². The molecule has 2 aromatic rings. The number of rotatable bonds is 7. The average Bonchev–Trinajstić information content (AvgIpc) is 2.72. The molecule has 2 aromatic carbocycles. The Morgan fingerprint density at radius 2 is 1.68 bits per heavy atom. The molecular weight excluding hydrogens is 507 g/mol. The van der Waals surface area contributed by atoms with Crippen LogP contribution in [0.1, 0.15) is 37.9 Å². The van der Waals surface area contributed by atoms with Crippen molar-refractivity contribution < 1.29 is 14.3 Å². The summed E-state index contributed by atoms with van der Waals surface area (Å²) in [4.78, 5) is 16.6. The Hall–Kier alpha value is -2.49. The van der Waals surface area contributed by atoms with E-state index in [1.165, 1.54) is 0 Å². The van der Waals surface area contributed by atoms with Crippen molar-refractivity contribution >= 4 is 36.0 Å². The molecule has 0 aliphatic carbocycles. The quantitative estimate of drug-likeness (QED) is 0.278. The van der Waals surface area contributed by atoms with Crippen LogP contribution < -0.4 is 20.7 Å². The predicted molar refractivity (Wildman–Crippen MR) is 135 cm³/mol. The normalized spacial score (nSPS) is 12.2. The van der Waals surface area contributed by atoms with E-state index in [-0.39, 0.29) is 30.0 Å². The first-order valence-electron chi connectivity index (χ1n) is 9.92. The summed E-state index contributed by atoms with van der Waals surface area (Å²) in [6.45, 7) is 6.58. The van der Waals surface area contributed by atoms with Crippen LogP contribution in [0.5, 0.6) is 5.75 Å². The number of hydrogen-bond donors (Lipinski definition) is 3. The van der Waals surface area contributed by atoms with Crippen LogP contribution in [-0.2, 0) is 11.3 Å². The topological polar surface area (TPSA) is 84.0 Å². The van der Waals surface area contributed by atoms with Crippen molar-refractivity contribution in [3.8, 4) is 5.75 Å². The van der Waals surface area contributed by atoms with Gasteiger partial charge >= 0.3 is 6.09 Å². The number of hydrogen-bond acceptors (Lipinski definition) is 4. The second-order valence-corrected chi connectivity index (χ2v) is 7.76. The molecule has 0 radical (unpaired) electrons. The van der Waals surface area contributed by atoms with Crippen LogP contribution in [0.3, 0.4) is 0 Å². The predicted octanol–water partition coefficient (Wildman–Crippen LogP) is 4.24. The number of carbonyl (C=O) groups excluding carboxylic acids is 1. The lowest BCUT2D eigenvalue weighted by atomic mass is 10.1. The number of aliphatic imine (C=N–C) groups is 1. The van der Waals surface area contributed by atoms with Gasteiger partial charge in [0.1, 0.15) is 11.4 Å². The number of halogens is 1. The monoisotopic (exact) mass is 540 g/mol. The van der Waals surface area contributed by atoms with E-state index >= 15 is 0 Å². The minimum absolute atomic E-state index is 0. The van der Waals surface area contributed by atoms with Gasteiger partial charge in [0.25, 0.3) is 0 Å². The van der Waals surface area contributed by atoms with Crippen molar-refractivity contribution in [2.75, 3.05) is 20.7 Å². The van der Waals surface area contributed by atoms with E-state index in [2.05, 4.69) is 20.9 Å². The number of nitrogens with one attached hydrogen (secondary N) is 3. The lowest BCUT2D eigenvalue weighted by Gasteiger charge is -2.25. The molecule has 1 unspecified atom stereocenters. The van der Waals surface area contributed by atoms with Crippen LogP contribution in [0.25, 0.3) is 0 Å². The molecule has 0 saturated carbocycles. The van der Waals surface area contributed by atoms with E-state index < -0.39 is 11.7 Å². The molecule has 0 aliphatic heterocycles. The minimum atomic E-state index is -0.561. The lowest BCUT2D eigenvalue weighted by Crippen LogP contribution is -2.44. The van der Waals surface area contributed by atoms with E-state index in [1.807, 2.05) is 75.4 Å². The highest BCUT2D eigenvalue weighted by Crippen LogP contribution is 2.14. The highest BCUT2D eigenvalue weighted by molar-refractivity contribution is 14.0. The maximum absolute atomic E-state index is 12.3. The Bertz CT molecular complexity index is 821. The number of amides is 1. The zero-order valence-electron chi connectivity index (χ0n) is 18.8. The van der Waals surface area contributed by atoms with E-state index in [0.29, 0.717) is 19.0 Å². The van der Waals surface area contributed by atoms with E-state index in [1.54, 1.807) is 14.2 Å². The standard InChI is InChI=1S/C23H32N4O3.HI/c1-23(2,3)30-22(28)27-20(18-9-7-6-8-10-18)16-26-21(24-4)25-15-17-11-13-19(29-5)14-12-17;/h6-14,20H,15-16H2,1-5H3,(H,27,28)(H2,24,25,26);1H. The number of nitrogens with zero attached hydrogens (tertiary/aromatic N) is 1. The van der Waals surface area contributed by atoms with Crippen molar-refractivity contribution in [1.82, 2.24) is 16.0 Å². The third kappa shape index (κ3) is 9.91. The van der Waals surface area contributed by atoms with Crippen LogP contribution in [0.15, 0.2) is 59.6 Å². The fraction of sp³-hybridized carbons (Fsp3) is 0.391. The summed E-state index contributed by atoms with van der Waals surface area (Å²) >= 11 is 0. The number of alkyl carbamates (subject to hydrolysis) is 1. The molecule has 1 atom stereocenters. The first-order valence-corrected chi connectivity index (χ1v) is 9.92. The largest absolute Gasteiger partial charge is 0.497 e. The van der Waals surface area contributed by atoms with Gasteiger partial charge in [0.05, 0.1) is 13.2 Å². The van der Waals surface area contributed by atoms with Gasteiger partial charge in [0.15, 0.2) is 5.96 Å². The van der Waals surface area contributed by atoms with Crippen molar-refractivity contribution in [1.29, 1.82) is 0 Å². The maximum Gasteiger partial charge on any atom is 0.408 e. The van der Waals surface area contributed by atoms with Gasteiger partial charge in [-0.25, -0.2) is 4.79 Å². The molecule has 3 N–H and O–H groups in total. The molecule has 170 valence electrons. The van der Waals surface area contributed by atoms with Crippen LogP contribution in [0.2, 0.25) is 0 Å². The second-order valence-electron chi connectivity index (χ2n) is 7.76. The van der Waals surface area contributed by atoms with E-state index in [9.17, 15) is 4.79 Å². The highest BCUT2D eigenvalue weighted by Gasteiger charge is 2.20. The fourth-order valence-electron chi connectivity index (χ4n) is 2.74. The Morgan fingerprint density at radius 3 is 2.23 bits per heavy atom. The Labute approximate surface area is 202 Å². The molecule has 0 fully saturated rings. The summed E-state index contributed by atoms with van der Waals surface area (Å²) in [5.74, 6) is 1.46. The number of guanidine groups is 1. The molecule has 7 nitrogen and oxygen atoms in total. The van der Waals surface area contributed by atoms with Gasteiger partial charge in [-0.2, -0.15) is 0 Å². The summed E-state index contributed by atoms with van der Waals surface area (Å²) in [6, 6.07) is 17.3. The molecule has 0 heterocycles. The third-order valence-corrected chi connectivity index (χ3v) is 4.21. The smallest absolute Gasteiger partial charge is 0.408 e. The third-order valence-electron chi connectivity index (χ3n) is 4.21. The molecule has 0 aromatic heterocycles. The average molecular weight is 540 g/mol. The molecular formula is C23H33IN4O3. The van der Waals surface area contributed by atoms with Gasteiger partial charge in [0.2, 0.25) is 0 Å². The fourth-order valence-corrected chi connectivity index (χ4v) is 2.74. The van der Waals surface area contributed by atoms with Gasteiger partial charge in [0, 0.05) is 20.1 Å². The second kappa shape index (κ2) is 13.0. The molecule has 0 aliphatic rings. The molecule has 31 heavy (non-hydrogen) atoms. The lowest BCUT2D eigenvalue weighted by molar-refractivity contribution is 0.0504. The zero-order valence-corrected chi connectivity index (χ0v) is 21.1. The van der Waals surface area contributed by atoms with Crippen molar-refractivity contribution in [2.24, 2.45) is 4.99 Å². The van der Waals surface area contributed by atoms with Crippen LogP contribution in [0.4, 0.5) is 4.79 Å². The van der Waals surface area contributed by atoms with Crippen LogP contribution in [0, 0.1) is 0 Å². The molecule has 1 amide bonds. The Kier molecular flexibility index (Phi) is 11.2. The van der Waals surface area contributed by atoms with Gasteiger partial charge in [-0.3, -0.25) is 4.99 Å². The van der Waals surface area contributed by atoms with E-state index in [4.69, 9.17) is 9.47 Å². The van der Waals surface area contributed by atoms with Crippen molar-refractivity contribution in [3.63, 3.8) is 0 Å². The number of carbonyl (C=O) groups is 1. The minimum Gasteiger partial charge on any atom is -0.497 e. The van der Waals surface area contributed by atoms with Gasteiger partial charge in [-0.1, -0.05) is 42.5 Å². The maximum atomic E-state index is 12.3. The first kappa shape index (κ1) is 26.5. The summed E-state index contributed by atoms with van der Waals surface area (Å²) in [5, 5.41) is 9.48. The molecule has 8 heteroatoms. The number of methoxy groups -OCH3 is 1. The summed E-state index contributed by atoms with van der Waals surface area (Å²) in [6.07, 6.45) is -0.459. The van der Waals surface area contributed by atoms with Gasteiger partial charge in [-0.15, -0.1) is 24.0 Å². The summed E-state index contributed by atoms with van der Waals surface area (Å²) < 4.78 is 10.6. The number of benzene rings is 2. The molecule has 2 rings (SSSR count). The first-order chi connectivity index (χ1) is 14.3. The number of ether oxygens (including phenoxy) is 2. The van der Waals surface area contributed by atoms with Crippen molar-refractivity contribution in [2.45, 2.75) is 39.0 Å². The molecule has 0 spiro atoms. The van der Waals surface area contributed by atoms with Gasteiger partial charge < -0.3 is 25.4 Å². The summed E-state index contributed by atoms with van der Waals surface area (Å²) in [5.41, 5.74) is 1.51. The zero-order chi connectivity index (χ0) is 22.0. The van der Waals surface area contributed by atoms with E-state index in [0.717, 1.165) is 16.9 Å².